The molecule has 48 valence electrons. The molecule has 5 nitrogen and oxygen atoms in total. The monoisotopic (exact) mass is 195 g/mol. The van der Waals surface area contributed by atoms with E-state index < -0.39 is 13.0 Å². The topological polar surface area (TPSA) is 111 Å². The molecule has 0 aliphatic rings. The standard InChI is InChI=1S/FH.K.Mn.H3N.4O/h1H;;;1H3;;;;/q;+1;;;;;;-1. The summed E-state index contributed by atoms with van der Waals surface area (Å²) in [6.07, 6.45) is 0. The molecule has 0 aromatic rings. The van der Waals surface area contributed by atoms with Gasteiger partial charge in [0.15, 0.2) is 0 Å². The van der Waals surface area contributed by atoms with Crippen molar-refractivity contribution in [2.75, 3.05) is 0 Å². The van der Waals surface area contributed by atoms with E-state index in [0.29, 0.717) is 0 Å². The van der Waals surface area contributed by atoms with Gasteiger partial charge in [0.2, 0.25) is 0 Å². The normalized spacial score (nSPS) is 7.12. The average molecular weight is 195 g/mol. The molecular weight excluding hydrogens is 191 g/mol. The van der Waals surface area contributed by atoms with E-state index in [-0.39, 0.29) is 62.2 Å². The number of hydrogen-bond acceptors (Lipinski definition) is 4. The van der Waals surface area contributed by atoms with Gasteiger partial charge in [0, 0.05) is 0 Å². The summed E-state index contributed by atoms with van der Waals surface area (Å²) in [5, 5.41) is 0. The second-order valence-electron chi connectivity index (χ2n) is 0.378. The van der Waals surface area contributed by atoms with E-state index in [0.717, 1.165) is 0 Å². The van der Waals surface area contributed by atoms with Gasteiger partial charge in [0.05, 0.1) is 0 Å². The van der Waals surface area contributed by atoms with Gasteiger partial charge in [-0.05, 0) is 0 Å². The Balaban J connectivity index is -0.0000000267. The van der Waals surface area contributed by atoms with E-state index in [1.54, 1.807) is 0 Å². The Hall–Kier alpha value is 1.41. The molecule has 8 heteroatoms. The molecule has 0 heterocycles. The van der Waals surface area contributed by atoms with Gasteiger partial charge in [0.25, 0.3) is 0 Å². The summed E-state index contributed by atoms with van der Waals surface area (Å²) < 4.78 is 34.3. The van der Waals surface area contributed by atoms with Crippen molar-refractivity contribution in [3.63, 3.8) is 0 Å². The van der Waals surface area contributed by atoms with Gasteiger partial charge in [-0.1, -0.05) is 0 Å². The maximum atomic E-state index is 8.58. The van der Waals surface area contributed by atoms with Crippen LogP contribution in [0.5, 0.6) is 0 Å². The van der Waals surface area contributed by atoms with E-state index >= 15 is 0 Å². The van der Waals surface area contributed by atoms with Gasteiger partial charge in [0.1, 0.15) is 0 Å². The van der Waals surface area contributed by atoms with Crippen molar-refractivity contribution in [1.82, 2.24) is 6.15 Å². The van der Waals surface area contributed by atoms with E-state index in [1.165, 1.54) is 0 Å². The molecule has 0 rings (SSSR count). The van der Waals surface area contributed by atoms with Crippen LogP contribution >= 0.6 is 0 Å². The fraction of sp³-hybridized carbons (Fsp3) is 0. The molecule has 0 aliphatic carbocycles. The van der Waals surface area contributed by atoms with Crippen LogP contribution in [0.3, 0.4) is 0 Å². The first-order chi connectivity index (χ1) is 2.00. The third kappa shape index (κ3) is 154. The van der Waals surface area contributed by atoms with Crippen molar-refractivity contribution < 1.29 is 84.8 Å². The Bertz CT molecular complexity index is 137. The second kappa shape index (κ2) is 8.41. The Morgan fingerprint density at radius 1 is 1.12 bits per heavy atom. The van der Waals surface area contributed by atoms with Crippen LogP contribution in [0.1, 0.15) is 0 Å². The maximum absolute atomic E-state index is 8.58. The first-order valence-corrected chi connectivity index (χ1v) is 2.54. The molecule has 0 aromatic carbocycles. The Kier molecular flexibility index (Phi) is 23.9. The van der Waals surface area contributed by atoms with Gasteiger partial charge < -0.3 is 10.9 Å². The van der Waals surface area contributed by atoms with E-state index in [2.05, 4.69) is 0 Å². The molecule has 0 unspecified atom stereocenters. The molecule has 0 aliphatic heterocycles. The summed E-state index contributed by atoms with van der Waals surface area (Å²) >= 11 is -5.62. The fourth-order valence-electron chi connectivity index (χ4n) is 0. The van der Waals surface area contributed by atoms with Crippen LogP contribution in [0.15, 0.2) is 0 Å². The van der Waals surface area contributed by atoms with Crippen LogP contribution in [0.2, 0.25) is 0 Å². The summed E-state index contributed by atoms with van der Waals surface area (Å²) in [5.74, 6) is 0. The van der Waals surface area contributed by atoms with Gasteiger partial charge in [-0.3, -0.25) is 0 Å². The molecule has 0 radical (unpaired) electrons. The van der Waals surface area contributed by atoms with Crippen molar-refractivity contribution >= 4 is 0 Å². The average Bonchev–Trinajstić information content (AvgIpc) is 0.722. The van der Waals surface area contributed by atoms with Gasteiger partial charge in [-0.2, -0.15) is 0 Å². The Morgan fingerprint density at radius 3 is 1.12 bits per heavy atom. The fourth-order valence-corrected chi connectivity index (χ4v) is 0. The minimum absolute atomic E-state index is 0. The molecule has 0 fully saturated rings. The van der Waals surface area contributed by atoms with Gasteiger partial charge in [-0.15, -0.1) is 0 Å². The number of hydrogen-bond donors (Lipinski definition) is 1. The zero-order valence-corrected chi connectivity index (χ0v) is 8.69. The summed E-state index contributed by atoms with van der Waals surface area (Å²) in [7, 11) is 0. The first-order valence-electron chi connectivity index (χ1n) is 0.617. The van der Waals surface area contributed by atoms with E-state index in [1.807, 2.05) is 0 Å². The van der Waals surface area contributed by atoms with Crippen molar-refractivity contribution in [3.8, 4) is 0 Å². The van der Waals surface area contributed by atoms with Crippen LogP contribution in [-0.2, 0) is 24.5 Å². The minimum atomic E-state index is -5.62. The van der Waals surface area contributed by atoms with Gasteiger partial charge >= 0.3 is 80.0 Å². The zero-order valence-electron chi connectivity index (χ0n) is 4.39. The molecule has 0 atom stereocenters. The molecule has 0 aromatic heterocycles. The summed E-state index contributed by atoms with van der Waals surface area (Å²) in [4.78, 5) is 0. The van der Waals surface area contributed by atoms with E-state index in [9.17, 15) is 0 Å². The SMILES string of the molecule is [F-].[K+].[NH4+].[O]=[Mn](=[O])(=[O])[O-]. The van der Waals surface area contributed by atoms with Crippen LogP contribution in [0.25, 0.3) is 0 Å². The van der Waals surface area contributed by atoms with Crippen LogP contribution in [-0.4, -0.2) is 0 Å². The molecule has 0 spiro atoms. The zero-order chi connectivity index (χ0) is 4.50. The Labute approximate surface area is 89.4 Å². The number of halogens is 1. The number of quaternary nitrogens is 1. The van der Waals surface area contributed by atoms with E-state index in [4.69, 9.17) is 15.7 Å². The molecule has 0 saturated heterocycles. The quantitative estimate of drug-likeness (QED) is 0.387. The van der Waals surface area contributed by atoms with Crippen molar-refractivity contribution in [1.29, 1.82) is 0 Å². The van der Waals surface area contributed by atoms with Crippen LogP contribution in [0.4, 0.5) is 0 Å². The molecule has 0 amide bonds. The van der Waals surface area contributed by atoms with Crippen molar-refractivity contribution in [2.24, 2.45) is 0 Å². The predicted octanol–water partition coefficient (Wildman–Crippen LogP) is -7.16. The molecular formula is H4FKMnNO4. The molecule has 4 N–H and O–H groups in total. The van der Waals surface area contributed by atoms with Crippen molar-refractivity contribution in [3.05, 3.63) is 0 Å². The molecule has 0 saturated carbocycles. The third-order valence-electron chi connectivity index (χ3n) is 0. The van der Waals surface area contributed by atoms with Crippen molar-refractivity contribution in [2.45, 2.75) is 0 Å². The number of rotatable bonds is 0. The molecule has 8 heavy (non-hydrogen) atoms. The van der Waals surface area contributed by atoms with Gasteiger partial charge in [-0.25, -0.2) is 0 Å². The summed E-state index contributed by atoms with van der Waals surface area (Å²) in [6.45, 7) is 0. The summed E-state index contributed by atoms with van der Waals surface area (Å²) in [5.41, 5.74) is 0. The first kappa shape index (κ1) is 22.7. The second-order valence-corrected chi connectivity index (χ2v) is 1.56. The third-order valence-corrected chi connectivity index (χ3v) is 0. The van der Waals surface area contributed by atoms with Crippen LogP contribution in [0, 0.1) is 0 Å². The summed E-state index contributed by atoms with van der Waals surface area (Å²) in [6, 6.07) is 0. The Morgan fingerprint density at radius 2 is 1.12 bits per heavy atom. The predicted molar refractivity (Wildman–Crippen MR) is 8.04 cm³/mol. The van der Waals surface area contributed by atoms with Crippen LogP contribution < -0.4 is 66.4 Å². The molecule has 0 bridgehead atoms.